The van der Waals surface area contributed by atoms with Crippen molar-refractivity contribution < 1.29 is 0 Å². The van der Waals surface area contributed by atoms with E-state index in [2.05, 4.69) is 23.0 Å². The third-order valence-corrected chi connectivity index (χ3v) is 2.03. The van der Waals surface area contributed by atoms with E-state index in [0.29, 0.717) is 0 Å². The molecule has 2 rings (SSSR count). The van der Waals surface area contributed by atoms with E-state index in [9.17, 15) is 0 Å². The van der Waals surface area contributed by atoms with Crippen LogP contribution in [0.5, 0.6) is 0 Å². The molecule has 2 heteroatoms. The molecular formula is C9H10N2. The molecule has 0 atom stereocenters. The summed E-state index contributed by atoms with van der Waals surface area (Å²) in [6.07, 6.45) is 7.96. The molecule has 1 aliphatic rings. The molecule has 0 spiro atoms. The maximum Gasteiger partial charge on any atom is 0.116 e. The molecule has 0 aliphatic heterocycles. The standard InChI is InChI=1S/C9H10N2/c1-7-3-2-4-8-5-10-6-11-9(7)8/h4-6H,2-3H2,1H3. The van der Waals surface area contributed by atoms with E-state index in [0.717, 1.165) is 18.2 Å². The van der Waals surface area contributed by atoms with Crippen LogP contribution in [-0.4, -0.2) is 9.97 Å². The molecule has 0 aromatic carbocycles. The van der Waals surface area contributed by atoms with Crippen molar-refractivity contribution in [2.75, 3.05) is 0 Å². The predicted octanol–water partition coefficient (Wildman–Crippen LogP) is 0.222. The molecule has 1 aromatic rings. The molecule has 11 heavy (non-hydrogen) atoms. The van der Waals surface area contributed by atoms with E-state index in [1.54, 1.807) is 6.33 Å². The van der Waals surface area contributed by atoms with Gasteiger partial charge < -0.3 is 0 Å². The van der Waals surface area contributed by atoms with Crippen LogP contribution in [0.1, 0.15) is 19.8 Å². The van der Waals surface area contributed by atoms with Crippen LogP contribution < -0.4 is 10.6 Å². The summed E-state index contributed by atoms with van der Waals surface area (Å²) in [6.45, 7) is 2.14. The molecule has 0 saturated heterocycles. The van der Waals surface area contributed by atoms with Gasteiger partial charge in [0.2, 0.25) is 0 Å². The number of hydrogen-bond acceptors (Lipinski definition) is 2. The van der Waals surface area contributed by atoms with Gasteiger partial charge in [0.15, 0.2) is 0 Å². The van der Waals surface area contributed by atoms with Crippen LogP contribution >= 0.6 is 0 Å². The Morgan fingerprint density at radius 3 is 3.18 bits per heavy atom. The van der Waals surface area contributed by atoms with Gasteiger partial charge in [-0.3, -0.25) is 0 Å². The zero-order valence-corrected chi connectivity index (χ0v) is 6.54. The molecule has 0 amide bonds. The molecule has 0 radical (unpaired) electrons. The van der Waals surface area contributed by atoms with Crippen molar-refractivity contribution in [3.63, 3.8) is 0 Å². The number of fused-ring (bicyclic) bond motifs is 1. The lowest BCUT2D eigenvalue weighted by Gasteiger charge is -2.02. The van der Waals surface area contributed by atoms with E-state index in [4.69, 9.17) is 0 Å². The molecule has 56 valence electrons. The first-order valence-electron chi connectivity index (χ1n) is 3.84. The SMILES string of the molecule is CC1=c2ncncc2=CCC1. The quantitative estimate of drug-likeness (QED) is 0.523. The van der Waals surface area contributed by atoms with Gasteiger partial charge in [0.05, 0.1) is 5.35 Å². The summed E-state index contributed by atoms with van der Waals surface area (Å²) in [5.41, 5.74) is 1.38. The molecule has 1 heterocycles. The molecule has 0 fully saturated rings. The van der Waals surface area contributed by atoms with Crippen LogP contribution in [-0.2, 0) is 0 Å². The van der Waals surface area contributed by atoms with E-state index >= 15 is 0 Å². The second-order valence-electron chi connectivity index (χ2n) is 2.85. The first kappa shape index (κ1) is 6.53. The van der Waals surface area contributed by atoms with Gasteiger partial charge in [-0.1, -0.05) is 6.08 Å². The van der Waals surface area contributed by atoms with Crippen molar-refractivity contribution in [2.45, 2.75) is 19.8 Å². The molecule has 0 N–H and O–H groups in total. The largest absolute Gasteiger partial charge is 0.244 e. The van der Waals surface area contributed by atoms with Crippen molar-refractivity contribution in [3.05, 3.63) is 23.1 Å². The summed E-state index contributed by atoms with van der Waals surface area (Å²) in [5, 5.41) is 2.32. The minimum absolute atomic E-state index is 1.13. The number of aromatic nitrogens is 2. The van der Waals surface area contributed by atoms with Crippen LogP contribution in [0.25, 0.3) is 11.6 Å². The van der Waals surface area contributed by atoms with E-state index in [-0.39, 0.29) is 0 Å². The normalized spacial score (nSPS) is 15.5. The Labute approximate surface area is 65.3 Å². The third kappa shape index (κ3) is 1.04. The van der Waals surface area contributed by atoms with Gasteiger partial charge in [0.25, 0.3) is 0 Å². The van der Waals surface area contributed by atoms with Crippen molar-refractivity contribution in [1.29, 1.82) is 0 Å². The van der Waals surface area contributed by atoms with Gasteiger partial charge in [-0.2, -0.15) is 0 Å². The summed E-state index contributed by atoms with van der Waals surface area (Å²) in [4.78, 5) is 8.20. The van der Waals surface area contributed by atoms with E-state index in [1.807, 2.05) is 6.20 Å². The Morgan fingerprint density at radius 2 is 2.36 bits per heavy atom. The molecule has 0 bridgehead atoms. The average molecular weight is 146 g/mol. The first-order valence-corrected chi connectivity index (χ1v) is 3.84. The summed E-state index contributed by atoms with van der Waals surface area (Å²) in [7, 11) is 0. The monoisotopic (exact) mass is 146 g/mol. The lowest BCUT2D eigenvalue weighted by atomic mass is 10.1. The van der Waals surface area contributed by atoms with Gasteiger partial charge in [-0.05, 0) is 25.3 Å². The highest BCUT2D eigenvalue weighted by atomic mass is 14.8. The fraction of sp³-hybridized carbons (Fsp3) is 0.333. The fourth-order valence-electron chi connectivity index (χ4n) is 1.41. The zero-order chi connectivity index (χ0) is 7.68. The van der Waals surface area contributed by atoms with Gasteiger partial charge in [-0.25, -0.2) is 9.97 Å². The lowest BCUT2D eigenvalue weighted by Crippen LogP contribution is -2.32. The Balaban J connectivity index is 2.89. The average Bonchev–Trinajstić information content (AvgIpc) is 2.06. The highest BCUT2D eigenvalue weighted by Crippen LogP contribution is 2.04. The van der Waals surface area contributed by atoms with Crippen LogP contribution in [0.2, 0.25) is 0 Å². The Morgan fingerprint density at radius 1 is 1.45 bits per heavy atom. The Bertz CT molecular complexity index is 379. The zero-order valence-electron chi connectivity index (χ0n) is 6.54. The topological polar surface area (TPSA) is 25.8 Å². The van der Waals surface area contributed by atoms with Gasteiger partial charge in [-0.15, -0.1) is 0 Å². The van der Waals surface area contributed by atoms with E-state index < -0.39 is 0 Å². The van der Waals surface area contributed by atoms with Gasteiger partial charge in [0, 0.05) is 11.4 Å². The van der Waals surface area contributed by atoms with Crippen molar-refractivity contribution in [1.82, 2.24) is 9.97 Å². The third-order valence-electron chi connectivity index (χ3n) is 2.03. The van der Waals surface area contributed by atoms with Gasteiger partial charge >= 0.3 is 0 Å². The number of rotatable bonds is 0. The summed E-state index contributed by atoms with van der Waals surface area (Å²) >= 11 is 0. The summed E-state index contributed by atoms with van der Waals surface area (Å²) in [6, 6.07) is 0. The fourth-order valence-corrected chi connectivity index (χ4v) is 1.41. The highest BCUT2D eigenvalue weighted by molar-refractivity contribution is 5.46. The lowest BCUT2D eigenvalue weighted by molar-refractivity contribution is 0.999. The first-order chi connectivity index (χ1) is 5.38. The Hall–Kier alpha value is -1.18. The number of nitrogens with zero attached hydrogens (tertiary/aromatic N) is 2. The van der Waals surface area contributed by atoms with E-state index in [1.165, 1.54) is 10.8 Å². The van der Waals surface area contributed by atoms with Crippen molar-refractivity contribution in [2.24, 2.45) is 0 Å². The van der Waals surface area contributed by atoms with Crippen LogP contribution in [0.3, 0.4) is 0 Å². The highest BCUT2D eigenvalue weighted by Gasteiger charge is 1.98. The molecule has 0 unspecified atom stereocenters. The summed E-state index contributed by atoms with van der Waals surface area (Å²) in [5.74, 6) is 0. The smallest absolute Gasteiger partial charge is 0.116 e. The van der Waals surface area contributed by atoms with Crippen LogP contribution in [0.4, 0.5) is 0 Å². The molecule has 1 aliphatic carbocycles. The maximum atomic E-state index is 4.22. The minimum atomic E-state index is 1.13. The minimum Gasteiger partial charge on any atom is -0.244 e. The van der Waals surface area contributed by atoms with Crippen LogP contribution in [0, 0.1) is 0 Å². The van der Waals surface area contributed by atoms with Crippen LogP contribution in [0.15, 0.2) is 12.5 Å². The van der Waals surface area contributed by atoms with Crippen molar-refractivity contribution >= 4 is 11.6 Å². The maximum absolute atomic E-state index is 4.22. The molecule has 0 saturated carbocycles. The molecule has 1 aromatic heterocycles. The number of hydrogen-bond donors (Lipinski definition) is 0. The second kappa shape index (κ2) is 2.46. The molecule has 2 nitrogen and oxygen atoms in total. The summed E-state index contributed by atoms with van der Waals surface area (Å²) < 4.78 is 0. The molecular weight excluding hydrogens is 136 g/mol. The second-order valence-corrected chi connectivity index (χ2v) is 2.85. The predicted molar refractivity (Wildman–Crippen MR) is 44.1 cm³/mol. The van der Waals surface area contributed by atoms with Gasteiger partial charge in [0.1, 0.15) is 6.33 Å². The Kier molecular flexibility index (Phi) is 1.46. The van der Waals surface area contributed by atoms with Crippen molar-refractivity contribution in [3.8, 4) is 0 Å².